The summed E-state index contributed by atoms with van der Waals surface area (Å²) >= 11 is 0. The van der Waals surface area contributed by atoms with Crippen molar-refractivity contribution in [2.75, 3.05) is 46.9 Å². The molecule has 1 aromatic carbocycles. The Balaban J connectivity index is 2.36. The van der Waals surface area contributed by atoms with Gasteiger partial charge in [0.05, 0.1) is 14.2 Å². The normalized spacial score (nSPS) is 17.5. The van der Waals surface area contributed by atoms with Gasteiger partial charge in [-0.15, -0.1) is 0 Å². The molecule has 6 nitrogen and oxygen atoms in total. The van der Waals surface area contributed by atoms with E-state index in [0.717, 1.165) is 19.6 Å². The van der Waals surface area contributed by atoms with Crippen molar-refractivity contribution in [1.82, 2.24) is 9.21 Å². The molecular weight excluding hydrogens is 304 g/mol. The summed E-state index contributed by atoms with van der Waals surface area (Å²) < 4.78 is 37.9. The fraction of sp³-hybridized carbons (Fsp3) is 0.600. The Labute approximate surface area is 132 Å². The number of nitrogens with zero attached hydrogens (tertiary/aromatic N) is 2. The summed E-state index contributed by atoms with van der Waals surface area (Å²) in [5.41, 5.74) is 0.693. The van der Waals surface area contributed by atoms with E-state index >= 15 is 0 Å². The van der Waals surface area contributed by atoms with Gasteiger partial charge in [0.1, 0.15) is 16.4 Å². The Morgan fingerprint density at radius 2 is 1.73 bits per heavy atom. The van der Waals surface area contributed by atoms with Crippen LogP contribution in [-0.4, -0.2) is 64.6 Å². The molecule has 0 saturated carbocycles. The molecule has 0 amide bonds. The number of likely N-dealkylation sites (N-methyl/N-ethyl adjacent to an activating group) is 1. The van der Waals surface area contributed by atoms with Crippen LogP contribution in [0.15, 0.2) is 17.0 Å². The zero-order valence-electron chi connectivity index (χ0n) is 13.6. The van der Waals surface area contributed by atoms with Gasteiger partial charge in [0, 0.05) is 31.7 Å². The maximum absolute atomic E-state index is 12.9. The summed E-state index contributed by atoms with van der Waals surface area (Å²) in [6, 6.07) is 3.24. The third-order valence-electron chi connectivity index (χ3n) is 4.14. The molecule has 1 saturated heterocycles. The Bertz CT molecular complexity index is 623. The first-order valence-electron chi connectivity index (χ1n) is 7.39. The van der Waals surface area contributed by atoms with Crippen LogP contribution in [0.5, 0.6) is 11.5 Å². The molecule has 1 aliphatic rings. The van der Waals surface area contributed by atoms with Crippen molar-refractivity contribution in [2.45, 2.75) is 18.7 Å². The smallest absolute Gasteiger partial charge is 0.246 e. The minimum absolute atomic E-state index is 0.207. The molecule has 2 rings (SSSR count). The van der Waals surface area contributed by atoms with Crippen LogP contribution >= 0.6 is 0 Å². The third kappa shape index (κ3) is 3.06. The first-order valence-corrected chi connectivity index (χ1v) is 8.83. The van der Waals surface area contributed by atoms with E-state index in [2.05, 4.69) is 11.8 Å². The van der Waals surface area contributed by atoms with Crippen molar-refractivity contribution < 1.29 is 17.9 Å². The third-order valence-corrected chi connectivity index (χ3v) is 6.06. The van der Waals surface area contributed by atoms with Crippen molar-refractivity contribution >= 4 is 10.0 Å². The predicted octanol–water partition coefficient (Wildman–Crippen LogP) is 1.34. The number of ether oxygens (including phenoxy) is 2. The van der Waals surface area contributed by atoms with Crippen LogP contribution in [0.4, 0.5) is 0 Å². The van der Waals surface area contributed by atoms with E-state index in [1.165, 1.54) is 11.4 Å². The largest absolute Gasteiger partial charge is 0.496 e. The number of hydrogen-bond donors (Lipinski definition) is 0. The quantitative estimate of drug-likeness (QED) is 0.816. The average molecular weight is 328 g/mol. The van der Waals surface area contributed by atoms with Crippen molar-refractivity contribution in [3.05, 3.63) is 17.7 Å². The van der Waals surface area contributed by atoms with Crippen molar-refractivity contribution in [3.8, 4) is 11.5 Å². The van der Waals surface area contributed by atoms with E-state index in [9.17, 15) is 8.42 Å². The van der Waals surface area contributed by atoms with Gasteiger partial charge in [0.2, 0.25) is 10.0 Å². The predicted molar refractivity (Wildman–Crippen MR) is 85.2 cm³/mol. The second-order valence-electron chi connectivity index (χ2n) is 5.26. The summed E-state index contributed by atoms with van der Waals surface area (Å²) in [7, 11) is -0.520. The van der Waals surface area contributed by atoms with Gasteiger partial charge in [-0.3, -0.25) is 0 Å². The second kappa shape index (κ2) is 6.85. The maximum atomic E-state index is 12.9. The summed E-state index contributed by atoms with van der Waals surface area (Å²) in [5.74, 6) is 0.976. The van der Waals surface area contributed by atoms with E-state index in [1.807, 2.05) is 0 Å². The first-order chi connectivity index (χ1) is 10.5. The summed E-state index contributed by atoms with van der Waals surface area (Å²) in [6.45, 7) is 7.35. The highest BCUT2D eigenvalue weighted by molar-refractivity contribution is 7.89. The van der Waals surface area contributed by atoms with Gasteiger partial charge < -0.3 is 14.4 Å². The van der Waals surface area contributed by atoms with Crippen LogP contribution in [0.1, 0.15) is 12.5 Å². The van der Waals surface area contributed by atoms with Crippen LogP contribution in [0.25, 0.3) is 0 Å². The fourth-order valence-corrected chi connectivity index (χ4v) is 4.38. The van der Waals surface area contributed by atoms with Crippen molar-refractivity contribution in [2.24, 2.45) is 0 Å². The van der Waals surface area contributed by atoms with E-state index in [-0.39, 0.29) is 4.90 Å². The van der Waals surface area contributed by atoms with Gasteiger partial charge in [-0.2, -0.15) is 4.31 Å². The highest BCUT2D eigenvalue weighted by atomic mass is 32.2. The first kappa shape index (κ1) is 17.1. The lowest BCUT2D eigenvalue weighted by Crippen LogP contribution is -2.48. The standard InChI is InChI=1S/C15H24N2O4S/c1-5-16-8-10-17(11-9-16)22(18,19)14-7-6-13(20-3)12(2)15(14)21-4/h6-7H,5,8-11H2,1-4H3. The second-order valence-corrected chi connectivity index (χ2v) is 7.17. The molecule has 7 heteroatoms. The number of hydrogen-bond acceptors (Lipinski definition) is 5. The van der Waals surface area contributed by atoms with E-state index in [4.69, 9.17) is 9.47 Å². The number of methoxy groups -OCH3 is 2. The SMILES string of the molecule is CCN1CCN(S(=O)(=O)c2ccc(OC)c(C)c2OC)CC1. The van der Waals surface area contributed by atoms with E-state index in [1.54, 1.807) is 26.2 Å². The van der Waals surface area contributed by atoms with Gasteiger partial charge in [0.25, 0.3) is 0 Å². The van der Waals surface area contributed by atoms with Gasteiger partial charge in [-0.05, 0) is 25.6 Å². The van der Waals surface area contributed by atoms with Gasteiger partial charge in [-0.25, -0.2) is 8.42 Å². The number of sulfonamides is 1. The molecule has 1 aliphatic heterocycles. The molecule has 0 aliphatic carbocycles. The topological polar surface area (TPSA) is 59.1 Å². The number of benzene rings is 1. The lowest BCUT2D eigenvalue weighted by molar-refractivity contribution is 0.196. The molecular formula is C15H24N2O4S. The molecule has 0 N–H and O–H groups in total. The molecule has 0 spiro atoms. The molecule has 0 atom stereocenters. The van der Waals surface area contributed by atoms with E-state index < -0.39 is 10.0 Å². The Morgan fingerprint density at radius 3 is 2.23 bits per heavy atom. The minimum atomic E-state index is -3.56. The number of rotatable bonds is 5. The number of piperazine rings is 1. The Morgan fingerprint density at radius 1 is 1.09 bits per heavy atom. The molecule has 124 valence electrons. The van der Waals surface area contributed by atoms with Crippen LogP contribution in [0.3, 0.4) is 0 Å². The molecule has 0 radical (unpaired) electrons. The highest BCUT2D eigenvalue weighted by Crippen LogP contribution is 2.35. The van der Waals surface area contributed by atoms with Crippen LogP contribution in [0, 0.1) is 6.92 Å². The fourth-order valence-electron chi connectivity index (χ4n) is 2.75. The van der Waals surface area contributed by atoms with Crippen LogP contribution < -0.4 is 9.47 Å². The monoisotopic (exact) mass is 328 g/mol. The Kier molecular flexibility index (Phi) is 5.31. The van der Waals surface area contributed by atoms with Crippen molar-refractivity contribution in [1.29, 1.82) is 0 Å². The summed E-state index contributed by atoms with van der Waals surface area (Å²) in [4.78, 5) is 2.45. The summed E-state index contributed by atoms with van der Waals surface area (Å²) in [6.07, 6.45) is 0. The van der Waals surface area contributed by atoms with E-state index in [0.29, 0.717) is 30.2 Å². The molecule has 0 bridgehead atoms. The zero-order chi connectivity index (χ0) is 16.3. The Hall–Kier alpha value is -1.31. The molecule has 1 heterocycles. The lowest BCUT2D eigenvalue weighted by atomic mass is 10.2. The summed E-state index contributed by atoms with van der Waals surface area (Å²) in [5, 5.41) is 0. The van der Waals surface area contributed by atoms with Gasteiger partial charge >= 0.3 is 0 Å². The molecule has 1 aromatic rings. The van der Waals surface area contributed by atoms with Gasteiger partial charge in [-0.1, -0.05) is 6.92 Å². The lowest BCUT2D eigenvalue weighted by Gasteiger charge is -2.33. The minimum Gasteiger partial charge on any atom is -0.496 e. The highest BCUT2D eigenvalue weighted by Gasteiger charge is 2.31. The molecule has 22 heavy (non-hydrogen) atoms. The zero-order valence-corrected chi connectivity index (χ0v) is 14.4. The van der Waals surface area contributed by atoms with Gasteiger partial charge in [0.15, 0.2) is 0 Å². The van der Waals surface area contributed by atoms with Crippen LogP contribution in [-0.2, 0) is 10.0 Å². The van der Waals surface area contributed by atoms with Crippen molar-refractivity contribution in [3.63, 3.8) is 0 Å². The van der Waals surface area contributed by atoms with Crippen LogP contribution in [0.2, 0.25) is 0 Å². The molecule has 1 fully saturated rings. The molecule has 0 aromatic heterocycles. The average Bonchev–Trinajstić information content (AvgIpc) is 2.54. The maximum Gasteiger partial charge on any atom is 0.246 e. The molecule has 0 unspecified atom stereocenters.